The van der Waals surface area contributed by atoms with E-state index in [0.717, 1.165) is 18.5 Å². The maximum atomic E-state index is 13.4. The van der Waals surface area contributed by atoms with Gasteiger partial charge < -0.3 is 5.32 Å². The van der Waals surface area contributed by atoms with Crippen LogP contribution in [0.3, 0.4) is 0 Å². The fourth-order valence-electron chi connectivity index (χ4n) is 3.26. The Kier molecular flexibility index (Phi) is 4.86. The van der Waals surface area contributed by atoms with Crippen LogP contribution in [0, 0.1) is 11.2 Å². The first kappa shape index (κ1) is 14.8. The van der Waals surface area contributed by atoms with E-state index in [0.29, 0.717) is 16.5 Å². The molecule has 2 rings (SSSR count). The van der Waals surface area contributed by atoms with Crippen molar-refractivity contribution in [2.75, 3.05) is 6.54 Å². The summed E-state index contributed by atoms with van der Waals surface area (Å²) in [6, 6.07) is 5.03. The highest BCUT2D eigenvalue weighted by Crippen LogP contribution is 2.42. The molecule has 0 aliphatic heterocycles. The summed E-state index contributed by atoms with van der Waals surface area (Å²) >= 11 is 6.20. The summed E-state index contributed by atoms with van der Waals surface area (Å²) < 4.78 is 13.4. The maximum absolute atomic E-state index is 13.4. The van der Waals surface area contributed by atoms with Crippen molar-refractivity contribution in [2.45, 2.75) is 52.0 Å². The molecule has 1 aliphatic carbocycles. The van der Waals surface area contributed by atoms with Gasteiger partial charge in [0.2, 0.25) is 0 Å². The van der Waals surface area contributed by atoms with E-state index in [4.69, 9.17) is 11.6 Å². The fraction of sp³-hybridized carbons (Fsp3) is 0.625. The van der Waals surface area contributed by atoms with Crippen molar-refractivity contribution >= 4 is 11.6 Å². The molecular weight excluding hydrogens is 261 g/mol. The Hall–Kier alpha value is -0.600. The molecule has 0 bridgehead atoms. The highest BCUT2D eigenvalue weighted by atomic mass is 35.5. The van der Waals surface area contributed by atoms with Gasteiger partial charge in [-0.05, 0) is 55.0 Å². The Morgan fingerprint density at radius 3 is 2.68 bits per heavy atom. The van der Waals surface area contributed by atoms with Gasteiger partial charge in [-0.15, -0.1) is 0 Å². The summed E-state index contributed by atoms with van der Waals surface area (Å²) in [7, 11) is 0. The zero-order chi connectivity index (χ0) is 13.9. The van der Waals surface area contributed by atoms with Crippen molar-refractivity contribution in [3.63, 3.8) is 0 Å². The van der Waals surface area contributed by atoms with E-state index in [-0.39, 0.29) is 5.82 Å². The van der Waals surface area contributed by atoms with Crippen molar-refractivity contribution in [2.24, 2.45) is 5.41 Å². The Balaban J connectivity index is 2.18. The molecule has 1 N–H and O–H groups in total. The monoisotopic (exact) mass is 283 g/mol. The highest BCUT2D eigenvalue weighted by Gasteiger charge is 2.36. The molecule has 0 spiro atoms. The van der Waals surface area contributed by atoms with Gasteiger partial charge >= 0.3 is 0 Å². The predicted molar refractivity (Wildman–Crippen MR) is 79.2 cm³/mol. The van der Waals surface area contributed by atoms with Crippen molar-refractivity contribution in [3.05, 3.63) is 34.6 Å². The summed E-state index contributed by atoms with van der Waals surface area (Å²) in [5, 5.41) is 4.25. The molecule has 1 saturated carbocycles. The average Bonchev–Trinajstić information content (AvgIpc) is 2.81. The number of halogens is 2. The van der Waals surface area contributed by atoms with Gasteiger partial charge in [0.15, 0.2) is 0 Å². The number of nitrogens with one attached hydrogen (secondary N) is 1. The van der Waals surface area contributed by atoms with Crippen LogP contribution in [0.4, 0.5) is 4.39 Å². The Morgan fingerprint density at radius 2 is 2.05 bits per heavy atom. The number of hydrogen-bond donors (Lipinski definition) is 1. The molecule has 19 heavy (non-hydrogen) atoms. The molecule has 1 aromatic rings. The molecule has 1 aromatic carbocycles. The normalized spacial score (nSPS) is 19.6. The first-order chi connectivity index (χ1) is 9.05. The molecule has 106 valence electrons. The van der Waals surface area contributed by atoms with E-state index in [2.05, 4.69) is 19.2 Å². The van der Waals surface area contributed by atoms with Crippen LogP contribution in [0.15, 0.2) is 18.2 Å². The molecule has 0 radical (unpaired) electrons. The average molecular weight is 284 g/mol. The summed E-state index contributed by atoms with van der Waals surface area (Å²) in [6.45, 7) is 5.41. The molecule has 0 amide bonds. The van der Waals surface area contributed by atoms with Gasteiger partial charge in [-0.1, -0.05) is 38.3 Å². The Labute approximate surface area is 120 Å². The van der Waals surface area contributed by atoms with Gasteiger partial charge in [0, 0.05) is 11.1 Å². The third kappa shape index (κ3) is 3.49. The van der Waals surface area contributed by atoms with Gasteiger partial charge in [0.1, 0.15) is 5.82 Å². The van der Waals surface area contributed by atoms with Crippen LogP contribution in [0.1, 0.15) is 45.1 Å². The van der Waals surface area contributed by atoms with E-state index >= 15 is 0 Å². The minimum atomic E-state index is -0.203. The molecule has 1 fully saturated rings. The molecule has 1 aliphatic rings. The predicted octanol–water partition coefficient (Wildman–Crippen LogP) is 4.58. The van der Waals surface area contributed by atoms with E-state index < -0.39 is 0 Å². The minimum absolute atomic E-state index is 0.203. The smallest absolute Gasteiger partial charge is 0.123 e. The van der Waals surface area contributed by atoms with Crippen LogP contribution in [0.2, 0.25) is 5.02 Å². The summed E-state index contributed by atoms with van der Waals surface area (Å²) in [6.07, 6.45) is 5.90. The van der Waals surface area contributed by atoms with Crippen molar-refractivity contribution in [1.82, 2.24) is 5.32 Å². The van der Waals surface area contributed by atoms with Crippen LogP contribution in [0.25, 0.3) is 0 Å². The SMILES string of the molecule is CCNC(Cc1cc(F)ccc1Cl)C1(C)CCCC1. The van der Waals surface area contributed by atoms with Crippen LogP contribution < -0.4 is 5.32 Å². The van der Waals surface area contributed by atoms with Gasteiger partial charge in [-0.2, -0.15) is 0 Å². The topological polar surface area (TPSA) is 12.0 Å². The van der Waals surface area contributed by atoms with E-state index in [9.17, 15) is 4.39 Å². The molecular formula is C16H23ClFN. The highest BCUT2D eigenvalue weighted by molar-refractivity contribution is 6.31. The second-order valence-corrected chi connectivity index (χ2v) is 6.32. The van der Waals surface area contributed by atoms with Gasteiger partial charge in [0.25, 0.3) is 0 Å². The lowest BCUT2D eigenvalue weighted by atomic mass is 9.78. The zero-order valence-electron chi connectivity index (χ0n) is 11.8. The van der Waals surface area contributed by atoms with E-state index in [1.54, 1.807) is 12.1 Å². The fourth-order valence-corrected chi connectivity index (χ4v) is 3.46. The molecule has 1 atom stereocenters. The van der Waals surface area contributed by atoms with Crippen LogP contribution in [-0.2, 0) is 6.42 Å². The van der Waals surface area contributed by atoms with Gasteiger partial charge in [-0.3, -0.25) is 0 Å². The second-order valence-electron chi connectivity index (χ2n) is 5.91. The van der Waals surface area contributed by atoms with Crippen LogP contribution in [0.5, 0.6) is 0 Å². The lowest BCUT2D eigenvalue weighted by molar-refractivity contribution is 0.222. The third-order valence-electron chi connectivity index (χ3n) is 4.47. The second kappa shape index (κ2) is 6.23. The molecule has 1 unspecified atom stereocenters. The van der Waals surface area contributed by atoms with Crippen molar-refractivity contribution in [3.8, 4) is 0 Å². The summed E-state index contributed by atoms with van der Waals surface area (Å²) in [4.78, 5) is 0. The lowest BCUT2D eigenvalue weighted by Crippen LogP contribution is -2.43. The third-order valence-corrected chi connectivity index (χ3v) is 4.84. The summed E-state index contributed by atoms with van der Waals surface area (Å²) in [5.41, 5.74) is 1.23. The van der Waals surface area contributed by atoms with Crippen LogP contribution in [-0.4, -0.2) is 12.6 Å². The first-order valence-electron chi connectivity index (χ1n) is 7.22. The Bertz CT molecular complexity index is 427. The molecule has 0 heterocycles. The number of hydrogen-bond acceptors (Lipinski definition) is 1. The summed E-state index contributed by atoms with van der Waals surface area (Å²) in [5.74, 6) is -0.203. The molecule has 0 saturated heterocycles. The number of likely N-dealkylation sites (N-methyl/N-ethyl adjacent to an activating group) is 1. The standard InChI is InChI=1S/C16H23ClFN/c1-3-19-15(16(2)8-4-5-9-16)11-12-10-13(18)6-7-14(12)17/h6-7,10,15,19H,3-5,8-9,11H2,1-2H3. The quantitative estimate of drug-likeness (QED) is 0.834. The number of rotatable bonds is 5. The molecule has 0 aromatic heterocycles. The zero-order valence-corrected chi connectivity index (χ0v) is 12.6. The van der Waals surface area contributed by atoms with Crippen molar-refractivity contribution in [1.29, 1.82) is 0 Å². The van der Waals surface area contributed by atoms with Gasteiger partial charge in [0.05, 0.1) is 0 Å². The van der Waals surface area contributed by atoms with Crippen LogP contribution >= 0.6 is 11.6 Å². The lowest BCUT2D eigenvalue weighted by Gasteiger charge is -2.35. The Morgan fingerprint density at radius 1 is 1.37 bits per heavy atom. The largest absolute Gasteiger partial charge is 0.313 e. The van der Waals surface area contributed by atoms with Crippen molar-refractivity contribution < 1.29 is 4.39 Å². The maximum Gasteiger partial charge on any atom is 0.123 e. The molecule has 1 nitrogen and oxygen atoms in total. The van der Waals surface area contributed by atoms with Gasteiger partial charge in [-0.25, -0.2) is 4.39 Å². The minimum Gasteiger partial charge on any atom is -0.313 e. The van der Waals surface area contributed by atoms with E-state index in [1.807, 2.05) is 0 Å². The first-order valence-corrected chi connectivity index (χ1v) is 7.60. The molecule has 3 heteroatoms. The van der Waals surface area contributed by atoms with E-state index in [1.165, 1.54) is 31.7 Å². The number of benzene rings is 1.